The van der Waals surface area contributed by atoms with Crippen molar-refractivity contribution in [2.75, 3.05) is 26.7 Å². The fraction of sp³-hybridized carbons (Fsp3) is 0.429. The van der Waals surface area contributed by atoms with Crippen molar-refractivity contribution in [1.82, 2.24) is 20.0 Å². The first-order valence-electron chi connectivity index (χ1n) is 12.2. The second kappa shape index (κ2) is 11.3. The second-order valence-corrected chi connectivity index (χ2v) is 10.4. The highest BCUT2D eigenvalue weighted by molar-refractivity contribution is 6.31. The Bertz CT molecular complexity index is 1130. The summed E-state index contributed by atoms with van der Waals surface area (Å²) in [7, 11) is 1.89. The summed E-state index contributed by atoms with van der Waals surface area (Å²) in [6, 6.07) is 15.9. The molecule has 1 saturated heterocycles. The lowest BCUT2D eigenvalue weighted by atomic mass is 9.77. The number of ether oxygens (including phenoxy) is 1. The molecule has 1 fully saturated rings. The van der Waals surface area contributed by atoms with E-state index < -0.39 is 0 Å². The largest absolute Gasteiger partial charge is 0.493 e. The SMILES string of the molecule is Cc1cc(OC[C@]2(CC(=O)N(C)Cc3ccccc3)CCCN(Cc3cn[nH]c3C)C2)ccc1Cl. The van der Waals surface area contributed by atoms with E-state index in [1.807, 2.05) is 68.4 Å². The van der Waals surface area contributed by atoms with Gasteiger partial charge in [0, 0.05) is 54.8 Å². The molecule has 0 radical (unpaired) electrons. The Balaban J connectivity index is 1.50. The molecule has 35 heavy (non-hydrogen) atoms. The zero-order valence-corrected chi connectivity index (χ0v) is 21.6. The van der Waals surface area contributed by atoms with Crippen LogP contribution in [0.15, 0.2) is 54.7 Å². The van der Waals surface area contributed by atoms with Gasteiger partial charge in [-0.1, -0.05) is 41.9 Å². The molecule has 1 aliphatic rings. The number of likely N-dealkylation sites (tertiary alicyclic amines) is 1. The number of amides is 1. The summed E-state index contributed by atoms with van der Waals surface area (Å²) in [6.45, 7) is 7.73. The lowest BCUT2D eigenvalue weighted by Gasteiger charge is -2.43. The number of carbonyl (C=O) groups excluding carboxylic acids is 1. The number of aryl methyl sites for hydroxylation is 2. The minimum atomic E-state index is -0.272. The molecule has 0 spiro atoms. The maximum atomic E-state index is 13.4. The Morgan fingerprint density at radius 1 is 1.23 bits per heavy atom. The summed E-state index contributed by atoms with van der Waals surface area (Å²) < 4.78 is 6.32. The van der Waals surface area contributed by atoms with Crippen LogP contribution in [0.25, 0.3) is 0 Å². The highest BCUT2D eigenvalue weighted by Crippen LogP contribution is 2.36. The third-order valence-corrected chi connectivity index (χ3v) is 7.38. The van der Waals surface area contributed by atoms with Gasteiger partial charge in [0.15, 0.2) is 0 Å². The van der Waals surface area contributed by atoms with E-state index >= 15 is 0 Å². The van der Waals surface area contributed by atoms with E-state index in [-0.39, 0.29) is 11.3 Å². The zero-order chi connectivity index (χ0) is 24.8. The van der Waals surface area contributed by atoms with Crippen LogP contribution in [0.3, 0.4) is 0 Å². The summed E-state index contributed by atoms with van der Waals surface area (Å²) in [4.78, 5) is 17.7. The van der Waals surface area contributed by atoms with Crippen LogP contribution in [-0.4, -0.2) is 52.6 Å². The van der Waals surface area contributed by atoms with Gasteiger partial charge in [-0.3, -0.25) is 14.8 Å². The van der Waals surface area contributed by atoms with Crippen molar-refractivity contribution in [3.8, 4) is 5.75 Å². The van der Waals surface area contributed by atoms with Crippen molar-refractivity contribution in [2.45, 2.75) is 46.2 Å². The van der Waals surface area contributed by atoms with E-state index in [4.69, 9.17) is 16.3 Å². The number of hydrogen-bond donors (Lipinski definition) is 1. The number of piperidine rings is 1. The quantitative estimate of drug-likeness (QED) is 0.433. The molecule has 4 rings (SSSR count). The lowest BCUT2D eigenvalue weighted by molar-refractivity contribution is -0.135. The van der Waals surface area contributed by atoms with E-state index in [1.54, 1.807) is 0 Å². The Kier molecular flexibility index (Phi) is 8.14. The molecule has 0 saturated carbocycles. The molecule has 1 N–H and O–H groups in total. The molecule has 0 unspecified atom stereocenters. The minimum Gasteiger partial charge on any atom is -0.493 e. The molecule has 3 aromatic rings. The van der Waals surface area contributed by atoms with Gasteiger partial charge in [-0.05, 0) is 62.6 Å². The fourth-order valence-electron chi connectivity index (χ4n) is 4.88. The van der Waals surface area contributed by atoms with Crippen LogP contribution in [0.2, 0.25) is 5.02 Å². The van der Waals surface area contributed by atoms with E-state index in [9.17, 15) is 4.79 Å². The molecule has 0 aliphatic carbocycles. The van der Waals surface area contributed by atoms with Crippen molar-refractivity contribution < 1.29 is 9.53 Å². The first kappa shape index (κ1) is 25.3. The van der Waals surface area contributed by atoms with E-state index in [1.165, 1.54) is 5.56 Å². The molecule has 7 heteroatoms. The Labute approximate surface area is 213 Å². The van der Waals surface area contributed by atoms with Gasteiger partial charge in [-0.25, -0.2) is 0 Å². The number of aromatic amines is 1. The van der Waals surface area contributed by atoms with Crippen molar-refractivity contribution in [3.05, 3.63) is 82.1 Å². The van der Waals surface area contributed by atoms with Crippen LogP contribution < -0.4 is 4.74 Å². The lowest BCUT2D eigenvalue weighted by Crippen LogP contribution is -2.48. The van der Waals surface area contributed by atoms with Gasteiger partial charge in [-0.15, -0.1) is 0 Å². The predicted octanol–water partition coefficient (Wildman–Crippen LogP) is 5.39. The van der Waals surface area contributed by atoms with Gasteiger partial charge >= 0.3 is 0 Å². The van der Waals surface area contributed by atoms with Crippen LogP contribution >= 0.6 is 11.6 Å². The highest BCUT2D eigenvalue weighted by atomic mass is 35.5. The fourth-order valence-corrected chi connectivity index (χ4v) is 5.00. The number of carbonyl (C=O) groups is 1. The average molecular weight is 495 g/mol. The van der Waals surface area contributed by atoms with Crippen molar-refractivity contribution >= 4 is 17.5 Å². The van der Waals surface area contributed by atoms with Crippen molar-refractivity contribution in [3.63, 3.8) is 0 Å². The maximum Gasteiger partial charge on any atom is 0.223 e. The van der Waals surface area contributed by atoms with E-state index in [0.717, 1.165) is 60.1 Å². The Morgan fingerprint density at radius 2 is 2.03 bits per heavy atom. The van der Waals surface area contributed by atoms with Gasteiger partial charge in [0.2, 0.25) is 5.91 Å². The van der Waals surface area contributed by atoms with Gasteiger partial charge in [0.05, 0.1) is 12.8 Å². The summed E-state index contributed by atoms with van der Waals surface area (Å²) >= 11 is 6.21. The molecule has 6 nitrogen and oxygen atoms in total. The van der Waals surface area contributed by atoms with Crippen molar-refractivity contribution in [2.24, 2.45) is 5.41 Å². The third-order valence-electron chi connectivity index (χ3n) is 6.96. The van der Waals surface area contributed by atoms with Gasteiger partial charge in [-0.2, -0.15) is 5.10 Å². The van der Waals surface area contributed by atoms with Crippen LogP contribution in [-0.2, 0) is 17.9 Å². The normalized spacial score (nSPS) is 18.4. The maximum absolute atomic E-state index is 13.4. The topological polar surface area (TPSA) is 61.5 Å². The average Bonchev–Trinajstić information content (AvgIpc) is 3.25. The first-order chi connectivity index (χ1) is 16.8. The smallest absolute Gasteiger partial charge is 0.223 e. The van der Waals surface area contributed by atoms with Crippen LogP contribution in [0.5, 0.6) is 5.75 Å². The molecular formula is C28H35ClN4O2. The molecule has 186 valence electrons. The number of rotatable bonds is 9. The number of nitrogens with one attached hydrogen (secondary N) is 1. The van der Waals surface area contributed by atoms with Gasteiger partial charge < -0.3 is 9.64 Å². The standard InChI is InChI=1S/C28H35ClN4O2/c1-21-14-25(10-11-26(21)29)35-20-28(15-27(34)32(3)17-23-8-5-4-6-9-23)12-7-13-33(19-28)18-24-16-30-31-22(24)2/h4-6,8-11,14,16H,7,12-13,15,17-20H2,1-3H3,(H,30,31)/t28-/m0/s1. The monoisotopic (exact) mass is 494 g/mol. The molecule has 1 atom stereocenters. The van der Waals surface area contributed by atoms with Crippen LogP contribution in [0, 0.1) is 19.3 Å². The Hall–Kier alpha value is -2.83. The summed E-state index contributed by atoms with van der Waals surface area (Å²) in [5.41, 5.74) is 4.13. The number of aromatic nitrogens is 2. The predicted molar refractivity (Wildman–Crippen MR) is 139 cm³/mol. The molecule has 1 aromatic heterocycles. The number of halogens is 1. The number of hydrogen-bond acceptors (Lipinski definition) is 4. The van der Waals surface area contributed by atoms with Crippen LogP contribution in [0.4, 0.5) is 0 Å². The molecule has 0 bridgehead atoms. The van der Waals surface area contributed by atoms with Crippen LogP contribution in [0.1, 0.15) is 41.6 Å². The summed E-state index contributed by atoms with van der Waals surface area (Å²) in [5, 5.41) is 7.94. The Morgan fingerprint density at radius 3 is 2.74 bits per heavy atom. The zero-order valence-electron chi connectivity index (χ0n) is 20.9. The second-order valence-electron chi connectivity index (χ2n) is 9.95. The molecule has 2 aromatic carbocycles. The first-order valence-corrected chi connectivity index (χ1v) is 12.6. The molecule has 2 heterocycles. The number of nitrogens with zero attached hydrogens (tertiary/aromatic N) is 3. The van der Waals surface area contributed by atoms with Crippen molar-refractivity contribution in [1.29, 1.82) is 0 Å². The van der Waals surface area contributed by atoms with Gasteiger partial charge in [0.1, 0.15) is 5.75 Å². The third kappa shape index (κ3) is 6.65. The number of H-pyrrole nitrogens is 1. The van der Waals surface area contributed by atoms with Gasteiger partial charge in [0.25, 0.3) is 0 Å². The van der Waals surface area contributed by atoms with E-state index in [2.05, 4.69) is 27.2 Å². The van der Waals surface area contributed by atoms with E-state index in [0.29, 0.717) is 19.6 Å². The highest BCUT2D eigenvalue weighted by Gasteiger charge is 2.39. The summed E-state index contributed by atoms with van der Waals surface area (Å²) in [6.07, 6.45) is 4.32. The summed E-state index contributed by atoms with van der Waals surface area (Å²) in [5.74, 6) is 0.935. The number of benzene rings is 2. The molecule has 1 aliphatic heterocycles. The molecular weight excluding hydrogens is 460 g/mol. The minimum absolute atomic E-state index is 0.145. The molecule has 1 amide bonds.